The third-order valence-corrected chi connectivity index (χ3v) is 4.04. The summed E-state index contributed by atoms with van der Waals surface area (Å²) in [6.45, 7) is -0.521. The van der Waals surface area contributed by atoms with Gasteiger partial charge in [0.2, 0.25) is 0 Å². The zero-order chi connectivity index (χ0) is 17.1. The number of anilines is 1. The number of hydrogen-bond donors (Lipinski definition) is 1. The van der Waals surface area contributed by atoms with Crippen LogP contribution in [-0.4, -0.2) is 27.9 Å². The van der Waals surface area contributed by atoms with Crippen LogP contribution in [0.1, 0.15) is 5.69 Å². The van der Waals surface area contributed by atoms with Crippen LogP contribution in [0.25, 0.3) is 4.96 Å². The molecule has 0 radical (unpaired) electrons. The van der Waals surface area contributed by atoms with Gasteiger partial charge in [-0.3, -0.25) is 14.0 Å². The maximum atomic E-state index is 13.5. The number of esters is 1. The number of aromatic nitrogens is 2. The van der Waals surface area contributed by atoms with E-state index in [1.165, 1.54) is 23.5 Å². The van der Waals surface area contributed by atoms with Crippen molar-refractivity contribution in [3.05, 3.63) is 52.5 Å². The number of fused-ring (bicyclic) bond motifs is 1. The smallest absolute Gasteiger partial charge is 0.312 e. The van der Waals surface area contributed by atoms with Crippen molar-refractivity contribution in [3.63, 3.8) is 0 Å². The Bertz CT molecular complexity index is 880. The fourth-order valence-corrected chi connectivity index (χ4v) is 2.88. The molecule has 2 heterocycles. The molecule has 1 amide bonds. The molecule has 0 aliphatic rings. The van der Waals surface area contributed by atoms with E-state index in [0.29, 0.717) is 5.69 Å². The third kappa shape index (κ3) is 3.90. The molecule has 1 N–H and O–H groups in total. The fraction of sp³-hybridized carbons (Fsp3) is 0.133. The number of carbonyl (C=O) groups is 2. The lowest BCUT2D eigenvalue weighted by atomic mass is 10.3. The Kier molecular flexibility index (Phi) is 4.77. The van der Waals surface area contributed by atoms with Gasteiger partial charge in [0, 0.05) is 22.8 Å². The summed E-state index contributed by atoms with van der Waals surface area (Å²) in [5.41, 5.74) is 0.478. The Morgan fingerprint density at radius 2 is 2.25 bits per heavy atom. The first-order valence-corrected chi connectivity index (χ1v) is 8.08. The first kappa shape index (κ1) is 16.4. The number of nitrogens with one attached hydrogen (secondary N) is 1. The van der Waals surface area contributed by atoms with E-state index in [-0.39, 0.29) is 17.1 Å². The minimum Gasteiger partial charge on any atom is -0.455 e. The fourth-order valence-electron chi connectivity index (χ4n) is 1.99. The molecule has 124 valence electrons. The van der Waals surface area contributed by atoms with Crippen LogP contribution >= 0.6 is 22.9 Å². The van der Waals surface area contributed by atoms with Gasteiger partial charge in [-0.05, 0) is 18.2 Å². The van der Waals surface area contributed by atoms with Gasteiger partial charge in [-0.15, -0.1) is 11.3 Å². The molecule has 1 aromatic carbocycles. The lowest BCUT2D eigenvalue weighted by Gasteiger charge is -2.07. The van der Waals surface area contributed by atoms with Crippen LogP contribution in [0.2, 0.25) is 5.02 Å². The maximum absolute atomic E-state index is 13.5. The number of rotatable bonds is 5. The summed E-state index contributed by atoms with van der Waals surface area (Å²) < 4.78 is 20.2. The van der Waals surface area contributed by atoms with Crippen LogP contribution in [0.4, 0.5) is 10.1 Å². The van der Waals surface area contributed by atoms with Crippen LogP contribution in [0.3, 0.4) is 0 Å². The van der Waals surface area contributed by atoms with E-state index < -0.39 is 24.3 Å². The second-order valence-electron chi connectivity index (χ2n) is 4.83. The van der Waals surface area contributed by atoms with Crippen molar-refractivity contribution in [2.24, 2.45) is 0 Å². The SMILES string of the molecule is O=C(COC(=O)Cc1cn2ccsc2n1)Nc1cc(Cl)ccc1F. The van der Waals surface area contributed by atoms with E-state index in [2.05, 4.69) is 10.3 Å². The van der Waals surface area contributed by atoms with Gasteiger partial charge in [0.05, 0.1) is 17.8 Å². The van der Waals surface area contributed by atoms with Crippen LogP contribution < -0.4 is 5.32 Å². The van der Waals surface area contributed by atoms with Gasteiger partial charge in [-0.2, -0.15) is 0 Å². The van der Waals surface area contributed by atoms with Gasteiger partial charge in [0.15, 0.2) is 11.6 Å². The number of hydrogen-bond acceptors (Lipinski definition) is 5. The quantitative estimate of drug-likeness (QED) is 0.704. The lowest BCUT2D eigenvalue weighted by Crippen LogP contribution is -2.22. The molecule has 24 heavy (non-hydrogen) atoms. The van der Waals surface area contributed by atoms with Gasteiger partial charge in [0.25, 0.3) is 5.91 Å². The average Bonchev–Trinajstić information content (AvgIpc) is 3.10. The third-order valence-electron chi connectivity index (χ3n) is 3.04. The minimum atomic E-state index is -0.657. The Balaban J connectivity index is 1.51. The Morgan fingerprint density at radius 3 is 3.04 bits per heavy atom. The van der Waals surface area contributed by atoms with Crippen molar-refractivity contribution >= 4 is 45.5 Å². The van der Waals surface area contributed by atoms with Gasteiger partial charge in [0.1, 0.15) is 5.82 Å². The van der Waals surface area contributed by atoms with E-state index in [0.717, 1.165) is 11.0 Å². The van der Waals surface area contributed by atoms with Gasteiger partial charge >= 0.3 is 5.97 Å². The van der Waals surface area contributed by atoms with E-state index in [4.69, 9.17) is 16.3 Å². The zero-order valence-corrected chi connectivity index (χ0v) is 13.7. The van der Waals surface area contributed by atoms with E-state index >= 15 is 0 Å². The van der Waals surface area contributed by atoms with Crippen LogP contribution in [0.15, 0.2) is 36.0 Å². The molecule has 0 aliphatic heterocycles. The van der Waals surface area contributed by atoms with E-state index in [9.17, 15) is 14.0 Å². The molecule has 0 atom stereocenters. The van der Waals surface area contributed by atoms with Crippen LogP contribution in [-0.2, 0) is 20.7 Å². The number of thiazole rings is 1. The summed E-state index contributed by atoms with van der Waals surface area (Å²) in [6, 6.07) is 3.77. The highest BCUT2D eigenvalue weighted by molar-refractivity contribution is 7.15. The molecular formula is C15H11ClFN3O3S. The van der Waals surface area contributed by atoms with Crippen molar-refractivity contribution in [3.8, 4) is 0 Å². The summed E-state index contributed by atoms with van der Waals surface area (Å²) >= 11 is 7.18. The van der Waals surface area contributed by atoms with E-state index in [1.54, 1.807) is 10.6 Å². The summed E-state index contributed by atoms with van der Waals surface area (Å²) in [7, 11) is 0. The highest BCUT2D eigenvalue weighted by Gasteiger charge is 2.13. The summed E-state index contributed by atoms with van der Waals surface area (Å²) in [6.07, 6.45) is 3.50. The number of benzene rings is 1. The molecule has 0 saturated carbocycles. The van der Waals surface area contributed by atoms with Crippen LogP contribution in [0.5, 0.6) is 0 Å². The monoisotopic (exact) mass is 367 g/mol. The molecular weight excluding hydrogens is 357 g/mol. The zero-order valence-electron chi connectivity index (χ0n) is 12.2. The molecule has 6 nitrogen and oxygen atoms in total. The van der Waals surface area contributed by atoms with Crippen molar-refractivity contribution in [2.75, 3.05) is 11.9 Å². The largest absolute Gasteiger partial charge is 0.455 e. The normalized spacial score (nSPS) is 10.8. The predicted octanol–water partition coefficient (Wildman–Crippen LogP) is 2.91. The summed E-state index contributed by atoms with van der Waals surface area (Å²) in [5, 5.41) is 4.45. The molecule has 0 unspecified atom stereocenters. The highest BCUT2D eigenvalue weighted by atomic mass is 35.5. The molecule has 3 aromatic rings. The standard InChI is InChI=1S/C15H11ClFN3O3S/c16-9-1-2-11(17)12(5-9)19-13(21)8-23-14(22)6-10-7-20-3-4-24-15(20)18-10/h1-5,7H,6,8H2,(H,19,21). The average molecular weight is 368 g/mol. The molecule has 0 bridgehead atoms. The molecule has 3 rings (SSSR count). The van der Waals surface area contributed by atoms with Crippen molar-refractivity contribution in [1.29, 1.82) is 0 Å². The summed E-state index contributed by atoms with van der Waals surface area (Å²) in [4.78, 5) is 28.5. The maximum Gasteiger partial charge on any atom is 0.312 e. The van der Waals surface area contributed by atoms with Crippen LogP contribution in [0, 0.1) is 5.82 Å². The highest BCUT2D eigenvalue weighted by Crippen LogP contribution is 2.19. The van der Waals surface area contributed by atoms with Gasteiger partial charge < -0.3 is 10.1 Å². The topological polar surface area (TPSA) is 72.7 Å². The second kappa shape index (κ2) is 6.98. The number of ether oxygens (including phenoxy) is 1. The molecule has 0 fully saturated rings. The number of imidazole rings is 1. The molecule has 2 aromatic heterocycles. The van der Waals surface area contributed by atoms with Crippen molar-refractivity contribution in [2.45, 2.75) is 6.42 Å². The molecule has 0 saturated heterocycles. The number of carbonyl (C=O) groups excluding carboxylic acids is 2. The van der Waals surface area contributed by atoms with E-state index in [1.807, 2.05) is 11.6 Å². The molecule has 0 aliphatic carbocycles. The second-order valence-corrected chi connectivity index (χ2v) is 6.14. The first-order chi connectivity index (χ1) is 11.5. The Hall–Kier alpha value is -2.45. The minimum absolute atomic E-state index is 0.0484. The number of amides is 1. The number of halogens is 2. The first-order valence-electron chi connectivity index (χ1n) is 6.83. The van der Waals surface area contributed by atoms with Crippen molar-refractivity contribution < 1.29 is 18.7 Å². The molecule has 0 spiro atoms. The lowest BCUT2D eigenvalue weighted by molar-refractivity contribution is -0.146. The van der Waals surface area contributed by atoms with Crippen molar-refractivity contribution in [1.82, 2.24) is 9.38 Å². The predicted molar refractivity (Wildman–Crippen MR) is 87.8 cm³/mol. The van der Waals surface area contributed by atoms with Gasteiger partial charge in [-0.1, -0.05) is 11.6 Å². The summed E-state index contributed by atoms with van der Waals surface area (Å²) in [5.74, 6) is -1.88. The van der Waals surface area contributed by atoms with Gasteiger partial charge in [-0.25, -0.2) is 9.37 Å². The Labute approximate surface area is 144 Å². The number of nitrogens with zero attached hydrogens (tertiary/aromatic N) is 2. The Morgan fingerprint density at radius 1 is 1.42 bits per heavy atom. The molecule has 9 heteroatoms.